The quantitative estimate of drug-likeness (QED) is 0.883. The van der Waals surface area contributed by atoms with Crippen molar-refractivity contribution in [2.45, 2.75) is 25.8 Å². The van der Waals surface area contributed by atoms with Gasteiger partial charge in [0.25, 0.3) is 0 Å². The second-order valence-corrected chi connectivity index (χ2v) is 6.19. The van der Waals surface area contributed by atoms with E-state index in [4.69, 9.17) is 0 Å². The van der Waals surface area contributed by atoms with Gasteiger partial charge in [0.05, 0.1) is 0 Å². The van der Waals surface area contributed by atoms with Crippen molar-refractivity contribution in [2.75, 3.05) is 20.1 Å². The highest BCUT2D eigenvalue weighted by atomic mass is 16.3. The van der Waals surface area contributed by atoms with Crippen LogP contribution in [0.15, 0.2) is 24.3 Å². The fourth-order valence-electron chi connectivity index (χ4n) is 3.42. The van der Waals surface area contributed by atoms with E-state index in [2.05, 4.69) is 5.32 Å². The first-order valence-corrected chi connectivity index (χ1v) is 7.35. The summed E-state index contributed by atoms with van der Waals surface area (Å²) in [6.07, 6.45) is 3.28. The first-order chi connectivity index (χ1) is 9.62. The number of nitrogens with one attached hydrogen (secondary N) is 1. The molecule has 1 unspecified atom stereocenters. The average Bonchev–Trinajstić information content (AvgIpc) is 3.14. The molecule has 2 N–H and O–H groups in total. The van der Waals surface area contributed by atoms with Gasteiger partial charge in [-0.1, -0.05) is 18.2 Å². The standard InChI is InChI=1S/C16H22N2O2/c1-18(11-12-4-2-3-5-14(12)19)15(20)13-10-16(13)6-8-17-9-7-16/h2-5,13,17,19H,6-11H2,1H3. The summed E-state index contributed by atoms with van der Waals surface area (Å²) in [5.74, 6) is 0.690. The summed E-state index contributed by atoms with van der Waals surface area (Å²) in [4.78, 5) is 14.3. The molecule has 3 rings (SSSR count). The van der Waals surface area contributed by atoms with Crippen LogP contribution in [0.1, 0.15) is 24.8 Å². The molecule has 1 aliphatic carbocycles. The molecule has 2 fully saturated rings. The molecule has 108 valence electrons. The zero-order valence-electron chi connectivity index (χ0n) is 11.9. The molecule has 1 saturated carbocycles. The molecular formula is C16H22N2O2. The maximum atomic E-state index is 12.5. The Labute approximate surface area is 119 Å². The number of hydrogen-bond acceptors (Lipinski definition) is 3. The summed E-state index contributed by atoms with van der Waals surface area (Å²) in [7, 11) is 1.84. The minimum atomic E-state index is 0.195. The lowest BCUT2D eigenvalue weighted by Gasteiger charge is -2.25. The van der Waals surface area contributed by atoms with E-state index in [9.17, 15) is 9.90 Å². The van der Waals surface area contributed by atoms with E-state index in [0.717, 1.165) is 37.9 Å². The fraction of sp³-hybridized carbons (Fsp3) is 0.562. The van der Waals surface area contributed by atoms with E-state index in [-0.39, 0.29) is 23.0 Å². The molecule has 1 aliphatic heterocycles. The second-order valence-electron chi connectivity index (χ2n) is 6.19. The third-order valence-electron chi connectivity index (χ3n) is 4.86. The minimum absolute atomic E-state index is 0.195. The number of hydrogen-bond donors (Lipinski definition) is 2. The number of para-hydroxylation sites is 1. The second kappa shape index (κ2) is 5.09. The third-order valence-corrected chi connectivity index (χ3v) is 4.86. The number of carbonyl (C=O) groups excluding carboxylic acids is 1. The molecule has 0 bridgehead atoms. The molecule has 0 radical (unpaired) electrons. The summed E-state index contributed by atoms with van der Waals surface area (Å²) in [5.41, 5.74) is 1.08. The van der Waals surface area contributed by atoms with Gasteiger partial charge in [0.1, 0.15) is 5.75 Å². The van der Waals surface area contributed by atoms with E-state index in [1.165, 1.54) is 0 Å². The highest BCUT2D eigenvalue weighted by molar-refractivity contribution is 5.82. The van der Waals surface area contributed by atoms with Crippen LogP contribution >= 0.6 is 0 Å². The largest absolute Gasteiger partial charge is 0.508 e. The number of nitrogens with zero attached hydrogens (tertiary/aromatic N) is 1. The molecule has 1 amide bonds. The molecule has 1 saturated heterocycles. The van der Waals surface area contributed by atoms with E-state index in [1.54, 1.807) is 17.0 Å². The van der Waals surface area contributed by atoms with Crippen molar-refractivity contribution in [3.63, 3.8) is 0 Å². The lowest BCUT2D eigenvalue weighted by molar-refractivity contribution is -0.132. The molecular weight excluding hydrogens is 252 g/mol. The van der Waals surface area contributed by atoms with Crippen molar-refractivity contribution >= 4 is 5.91 Å². The van der Waals surface area contributed by atoms with Crippen LogP contribution in [0.4, 0.5) is 0 Å². The van der Waals surface area contributed by atoms with E-state index >= 15 is 0 Å². The van der Waals surface area contributed by atoms with E-state index in [1.807, 2.05) is 19.2 Å². The van der Waals surface area contributed by atoms with E-state index in [0.29, 0.717) is 6.54 Å². The number of benzene rings is 1. The summed E-state index contributed by atoms with van der Waals surface area (Å²) in [6.45, 7) is 2.55. The van der Waals surface area contributed by atoms with Gasteiger partial charge in [0.15, 0.2) is 0 Å². The average molecular weight is 274 g/mol. The van der Waals surface area contributed by atoms with Crippen LogP contribution in [0.5, 0.6) is 5.75 Å². The van der Waals surface area contributed by atoms with Gasteiger partial charge in [0.2, 0.25) is 5.91 Å². The Bertz CT molecular complexity index is 509. The summed E-state index contributed by atoms with van der Waals surface area (Å²) in [5, 5.41) is 13.1. The Morgan fingerprint density at radius 1 is 1.40 bits per heavy atom. The van der Waals surface area contributed by atoms with Crippen molar-refractivity contribution in [1.29, 1.82) is 0 Å². The zero-order valence-corrected chi connectivity index (χ0v) is 11.9. The van der Waals surface area contributed by atoms with Crippen LogP contribution in [-0.2, 0) is 11.3 Å². The number of amides is 1. The van der Waals surface area contributed by atoms with Crippen LogP contribution < -0.4 is 5.32 Å². The molecule has 1 spiro atoms. The van der Waals surface area contributed by atoms with Crippen LogP contribution in [0.2, 0.25) is 0 Å². The molecule has 0 aromatic heterocycles. The molecule has 2 aliphatic rings. The van der Waals surface area contributed by atoms with Crippen molar-refractivity contribution in [1.82, 2.24) is 10.2 Å². The summed E-state index contributed by atoms with van der Waals surface area (Å²) in [6, 6.07) is 7.22. The van der Waals surface area contributed by atoms with Crippen molar-refractivity contribution in [3.05, 3.63) is 29.8 Å². The Morgan fingerprint density at radius 2 is 2.10 bits per heavy atom. The molecule has 1 aromatic carbocycles. The van der Waals surface area contributed by atoms with Gasteiger partial charge in [0, 0.05) is 25.1 Å². The smallest absolute Gasteiger partial charge is 0.226 e. The molecule has 4 nitrogen and oxygen atoms in total. The molecule has 1 atom stereocenters. The van der Waals surface area contributed by atoms with E-state index < -0.39 is 0 Å². The molecule has 4 heteroatoms. The highest BCUT2D eigenvalue weighted by Crippen LogP contribution is 2.59. The highest BCUT2D eigenvalue weighted by Gasteiger charge is 2.58. The maximum absolute atomic E-state index is 12.5. The predicted molar refractivity (Wildman–Crippen MR) is 77.2 cm³/mol. The van der Waals surface area contributed by atoms with Crippen LogP contribution in [0.25, 0.3) is 0 Å². The predicted octanol–water partition coefficient (Wildman–Crippen LogP) is 1.74. The van der Waals surface area contributed by atoms with Crippen molar-refractivity contribution < 1.29 is 9.90 Å². The Balaban J connectivity index is 1.62. The van der Waals surface area contributed by atoms with Crippen molar-refractivity contribution in [3.8, 4) is 5.75 Å². The van der Waals surface area contributed by atoms with Gasteiger partial charge in [-0.3, -0.25) is 4.79 Å². The molecule has 1 heterocycles. The Hall–Kier alpha value is -1.55. The number of carbonyl (C=O) groups is 1. The minimum Gasteiger partial charge on any atom is -0.508 e. The first-order valence-electron chi connectivity index (χ1n) is 7.35. The number of aromatic hydroxyl groups is 1. The number of piperidine rings is 1. The third kappa shape index (κ3) is 2.40. The topological polar surface area (TPSA) is 52.6 Å². The van der Waals surface area contributed by atoms with Gasteiger partial charge < -0.3 is 15.3 Å². The van der Waals surface area contributed by atoms with Crippen LogP contribution in [-0.4, -0.2) is 36.1 Å². The number of phenolic OH excluding ortho intramolecular Hbond substituents is 1. The monoisotopic (exact) mass is 274 g/mol. The van der Waals surface area contributed by atoms with Gasteiger partial charge >= 0.3 is 0 Å². The molecule has 1 aromatic rings. The Morgan fingerprint density at radius 3 is 2.80 bits per heavy atom. The van der Waals surface area contributed by atoms with Crippen LogP contribution in [0, 0.1) is 11.3 Å². The molecule has 20 heavy (non-hydrogen) atoms. The lowest BCUT2D eigenvalue weighted by atomic mass is 9.91. The SMILES string of the molecule is CN(Cc1ccccc1O)C(=O)C1CC12CCNCC2. The van der Waals surface area contributed by atoms with Gasteiger partial charge in [-0.2, -0.15) is 0 Å². The van der Waals surface area contributed by atoms with Gasteiger partial charge in [-0.05, 0) is 43.8 Å². The summed E-state index contributed by atoms with van der Waals surface area (Å²) < 4.78 is 0. The Kier molecular flexibility index (Phi) is 3.42. The number of phenols is 1. The van der Waals surface area contributed by atoms with Gasteiger partial charge in [-0.15, -0.1) is 0 Å². The van der Waals surface area contributed by atoms with Crippen molar-refractivity contribution in [2.24, 2.45) is 11.3 Å². The maximum Gasteiger partial charge on any atom is 0.226 e. The van der Waals surface area contributed by atoms with Crippen LogP contribution in [0.3, 0.4) is 0 Å². The number of rotatable bonds is 3. The fourth-order valence-corrected chi connectivity index (χ4v) is 3.42. The van der Waals surface area contributed by atoms with Gasteiger partial charge in [-0.25, -0.2) is 0 Å². The first kappa shape index (κ1) is 13.4. The summed E-state index contributed by atoms with van der Waals surface area (Å²) >= 11 is 0. The lowest BCUT2D eigenvalue weighted by Crippen LogP contribution is -2.34. The normalized spacial score (nSPS) is 23.6. The zero-order chi connectivity index (χ0) is 14.2.